The highest BCUT2D eigenvalue weighted by molar-refractivity contribution is 7.21. The summed E-state index contributed by atoms with van der Waals surface area (Å²) in [6.07, 6.45) is 0. The van der Waals surface area contributed by atoms with Crippen LogP contribution >= 0.6 is 11.3 Å². The van der Waals surface area contributed by atoms with E-state index >= 15 is 0 Å². The van der Waals surface area contributed by atoms with Gasteiger partial charge in [-0.15, -0.1) is 11.3 Å². The van der Waals surface area contributed by atoms with Crippen molar-refractivity contribution in [2.45, 2.75) is 13.8 Å². The van der Waals surface area contributed by atoms with Gasteiger partial charge in [-0.25, -0.2) is 4.98 Å². The number of rotatable bonds is 4. The van der Waals surface area contributed by atoms with Gasteiger partial charge in [-0.2, -0.15) is 5.10 Å². The predicted molar refractivity (Wildman–Crippen MR) is 129 cm³/mol. The van der Waals surface area contributed by atoms with Crippen LogP contribution in [0.2, 0.25) is 0 Å². The normalized spacial score (nSPS) is 14.2. The minimum atomic E-state index is -0.130. The van der Waals surface area contributed by atoms with E-state index in [0.717, 1.165) is 69.9 Å². The number of anilines is 2. The Bertz CT molecular complexity index is 1290. The van der Waals surface area contributed by atoms with E-state index < -0.39 is 0 Å². The number of carbonyl (C=O) groups is 1. The average Bonchev–Trinajstić information content (AvgIpc) is 3.33. The summed E-state index contributed by atoms with van der Waals surface area (Å²) in [5.74, 6) is -0.130. The minimum absolute atomic E-state index is 0.130. The number of thiazole rings is 1. The van der Waals surface area contributed by atoms with Gasteiger partial charge in [0, 0.05) is 42.8 Å². The van der Waals surface area contributed by atoms with E-state index in [1.54, 1.807) is 11.3 Å². The molecule has 5 rings (SSSR count). The Hall–Kier alpha value is -3.23. The molecule has 0 aliphatic carbocycles. The molecule has 1 aliphatic rings. The van der Waals surface area contributed by atoms with Gasteiger partial charge in [0.25, 0.3) is 5.91 Å². The number of hydrogen-bond donors (Lipinski definition) is 1. The first kappa shape index (κ1) is 20.7. The molecule has 1 saturated heterocycles. The van der Waals surface area contributed by atoms with Crippen LogP contribution in [0.5, 0.6) is 0 Å². The van der Waals surface area contributed by atoms with Crippen molar-refractivity contribution in [1.29, 1.82) is 0 Å². The Balaban J connectivity index is 1.34. The van der Waals surface area contributed by atoms with Gasteiger partial charge in [0.15, 0.2) is 0 Å². The van der Waals surface area contributed by atoms with Crippen molar-refractivity contribution in [2.24, 2.45) is 7.05 Å². The van der Waals surface area contributed by atoms with E-state index in [4.69, 9.17) is 9.72 Å². The minimum Gasteiger partial charge on any atom is -0.378 e. The number of aryl methyl sites for hydroxylation is 2. The number of hydrogen-bond acceptors (Lipinski definition) is 6. The number of ether oxygens (including phenoxy) is 1. The van der Waals surface area contributed by atoms with E-state index in [2.05, 4.69) is 15.3 Å². The number of nitrogens with one attached hydrogen (secondary N) is 1. The molecule has 164 valence electrons. The molecule has 1 aliphatic heterocycles. The van der Waals surface area contributed by atoms with Crippen molar-refractivity contribution in [2.75, 3.05) is 36.5 Å². The molecule has 1 amide bonds. The Morgan fingerprint density at radius 3 is 2.53 bits per heavy atom. The predicted octanol–water partition coefficient (Wildman–Crippen LogP) is 4.40. The van der Waals surface area contributed by atoms with Crippen LogP contribution in [0.3, 0.4) is 0 Å². The first-order valence-corrected chi connectivity index (χ1v) is 11.5. The van der Waals surface area contributed by atoms with Crippen LogP contribution in [0.15, 0.2) is 42.5 Å². The lowest BCUT2D eigenvalue weighted by Crippen LogP contribution is -2.36. The number of nitrogens with zero attached hydrogens (tertiary/aromatic N) is 4. The molecule has 32 heavy (non-hydrogen) atoms. The zero-order chi connectivity index (χ0) is 22.2. The standard InChI is InChI=1S/C24H25N5O2S/c1-15-22(16(2)28(3)27-15)24-26-20-9-4-17(14-21(20)32-24)23(30)25-18-5-7-19(8-6-18)29-10-12-31-13-11-29/h4-9,14H,10-13H2,1-3H3,(H,25,30). The molecule has 0 atom stereocenters. The maximum atomic E-state index is 12.9. The Labute approximate surface area is 190 Å². The van der Waals surface area contributed by atoms with E-state index in [9.17, 15) is 4.79 Å². The molecule has 2 aromatic heterocycles. The molecular formula is C24H25N5O2S. The van der Waals surface area contributed by atoms with E-state index in [1.807, 2.05) is 68.0 Å². The lowest BCUT2D eigenvalue weighted by Gasteiger charge is -2.28. The maximum Gasteiger partial charge on any atom is 0.255 e. The number of morpholine rings is 1. The zero-order valence-electron chi connectivity index (χ0n) is 18.4. The van der Waals surface area contributed by atoms with Gasteiger partial charge < -0.3 is 15.0 Å². The third-order valence-electron chi connectivity index (χ3n) is 5.87. The third-order valence-corrected chi connectivity index (χ3v) is 6.91. The van der Waals surface area contributed by atoms with Crippen LogP contribution in [-0.2, 0) is 11.8 Å². The van der Waals surface area contributed by atoms with Crippen molar-refractivity contribution >= 4 is 38.8 Å². The first-order valence-electron chi connectivity index (χ1n) is 10.6. The second-order valence-electron chi connectivity index (χ2n) is 7.97. The molecule has 0 saturated carbocycles. The monoisotopic (exact) mass is 447 g/mol. The van der Waals surface area contributed by atoms with Gasteiger partial charge in [-0.3, -0.25) is 9.48 Å². The fourth-order valence-electron chi connectivity index (χ4n) is 4.04. The highest BCUT2D eigenvalue weighted by atomic mass is 32.1. The topological polar surface area (TPSA) is 72.3 Å². The smallest absolute Gasteiger partial charge is 0.255 e. The van der Waals surface area contributed by atoms with Crippen LogP contribution in [0.1, 0.15) is 21.7 Å². The fourth-order valence-corrected chi connectivity index (χ4v) is 5.19. The highest BCUT2D eigenvalue weighted by Gasteiger charge is 2.17. The Morgan fingerprint density at radius 1 is 1.09 bits per heavy atom. The summed E-state index contributed by atoms with van der Waals surface area (Å²) < 4.78 is 8.27. The largest absolute Gasteiger partial charge is 0.378 e. The molecule has 2 aromatic carbocycles. The van der Waals surface area contributed by atoms with Gasteiger partial charge in [0.2, 0.25) is 0 Å². The zero-order valence-corrected chi connectivity index (χ0v) is 19.2. The van der Waals surface area contributed by atoms with Crippen molar-refractivity contribution in [1.82, 2.24) is 14.8 Å². The molecular weight excluding hydrogens is 422 g/mol. The summed E-state index contributed by atoms with van der Waals surface area (Å²) in [7, 11) is 1.94. The van der Waals surface area contributed by atoms with Crippen LogP contribution in [0, 0.1) is 13.8 Å². The fraction of sp³-hybridized carbons (Fsp3) is 0.292. The summed E-state index contributed by atoms with van der Waals surface area (Å²) in [5.41, 5.74) is 6.54. The summed E-state index contributed by atoms with van der Waals surface area (Å²) >= 11 is 1.59. The lowest BCUT2D eigenvalue weighted by atomic mass is 10.2. The second kappa shape index (κ2) is 8.37. The quantitative estimate of drug-likeness (QED) is 0.502. The summed E-state index contributed by atoms with van der Waals surface area (Å²) in [4.78, 5) is 19.9. The molecule has 0 spiro atoms. The van der Waals surface area contributed by atoms with E-state index in [1.165, 1.54) is 0 Å². The van der Waals surface area contributed by atoms with Gasteiger partial charge in [0.05, 0.1) is 34.7 Å². The van der Waals surface area contributed by atoms with Crippen molar-refractivity contribution in [3.8, 4) is 10.6 Å². The SMILES string of the molecule is Cc1nn(C)c(C)c1-c1nc2ccc(C(=O)Nc3ccc(N4CCOCC4)cc3)cc2s1. The Kier molecular flexibility index (Phi) is 5.40. The maximum absolute atomic E-state index is 12.9. The summed E-state index contributed by atoms with van der Waals surface area (Å²) in [6.45, 7) is 7.32. The van der Waals surface area contributed by atoms with Crippen LogP contribution < -0.4 is 10.2 Å². The van der Waals surface area contributed by atoms with E-state index in [0.29, 0.717) is 5.56 Å². The van der Waals surface area contributed by atoms with Crippen molar-refractivity contribution in [3.63, 3.8) is 0 Å². The lowest BCUT2D eigenvalue weighted by molar-refractivity contribution is 0.102. The molecule has 3 heterocycles. The van der Waals surface area contributed by atoms with Crippen LogP contribution in [-0.4, -0.2) is 47.0 Å². The van der Waals surface area contributed by atoms with Gasteiger partial charge >= 0.3 is 0 Å². The number of carbonyl (C=O) groups excluding carboxylic acids is 1. The molecule has 0 radical (unpaired) electrons. The molecule has 4 aromatic rings. The molecule has 7 nitrogen and oxygen atoms in total. The summed E-state index contributed by atoms with van der Waals surface area (Å²) in [6, 6.07) is 13.6. The molecule has 1 N–H and O–H groups in total. The van der Waals surface area contributed by atoms with Crippen molar-refractivity contribution in [3.05, 3.63) is 59.4 Å². The number of fused-ring (bicyclic) bond motifs is 1. The first-order chi connectivity index (χ1) is 15.5. The highest BCUT2D eigenvalue weighted by Crippen LogP contribution is 2.34. The second-order valence-corrected chi connectivity index (χ2v) is 9.00. The molecule has 1 fully saturated rings. The molecule has 0 unspecified atom stereocenters. The molecule has 0 bridgehead atoms. The Morgan fingerprint density at radius 2 is 1.84 bits per heavy atom. The number of amides is 1. The van der Waals surface area contributed by atoms with Gasteiger partial charge in [0.1, 0.15) is 5.01 Å². The van der Waals surface area contributed by atoms with Crippen LogP contribution in [0.4, 0.5) is 11.4 Å². The average molecular weight is 448 g/mol. The molecule has 8 heteroatoms. The number of aromatic nitrogens is 3. The van der Waals surface area contributed by atoms with Gasteiger partial charge in [-0.1, -0.05) is 0 Å². The third kappa shape index (κ3) is 3.87. The number of benzene rings is 2. The van der Waals surface area contributed by atoms with Crippen molar-refractivity contribution < 1.29 is 9.53 Å². The summed E-state index contributed by atoms with van der Waals surface area (Å²) in [5, 5.41) is 8.43. The van der Waals surface area contributed by atoms with E-state index in [-0.39, 0.29) is 5.91 Å². The van der Waals surface area contributed by atoms with Gasteiger partial charge in [-0.05, 0) is 56.3 Å². The van der Waals surface area contributed by atoms with Crippen LogP contribution in [0.25, 0.3) is 20.8 Å².